The highest BCUT2D eigenvalue weighted by Crippen LogP contribution is 2.55. The Hall–Kier alpha value is -2.80. The average Bonchev–Trinajstić information content (AvgIpc) is 2.70. The zero-order chi connectivity index (χ0) is 21.4. The van der Waals surface area contributed by atoms with Crippen LogP contribution in [0.25, 0.3) is 0 Å². The summed E-state index contributed by atoms with van der Waals surface area (Å²) in [6, 6.07) is 17.1. The number of nitrogens with one attached hydrogen (secondary N) is 1. The molecule has 3 rings (SSSR count). The van der Waals surface area contributed by atoms with Gasteiger partial charge in [0.25, 0.3) is 5.91 Å². The minimum atomic E-state index is -0.231. The second-order valence-electron chi connectivity index (χ2n) is 9.46. The fourth-order valence-electron chi connectivity index (χ4n) is 4.78. The average molecular weight is 391 g/mol. The lowest BCUT2D eigenvalue weighted by Crippen LogP contribution is -2.74. The predicted octanol–water partition coefficient (Wildman–Crippen LogP) is 5.29. The van der Waals surface area contributed by atoms with E-state index in [1.807, 2.05) is 36.4 Å². The molecule has 1 fully saturated rings. The van der Waals surface area contributed by atoms with Gasteiger partial charge in [0.15, 0.2) is 0 Å². The van der Waals surface area contributed by atoms with E-state index < -0.39 is 0 Å². The van der Waals surface area contributed by atoms with Crippen LogP contribution in [0.1, 0.15) is 68.9 Å². The number of benzene rings is 2. The van der Waals surface area contributed by atoms with Gasteiger partial charge >= 0.3 is 0 Å². The van der Waals surface area contributed by atoms with Gasteiger partial charge in [-0.15, -0.1) is 0 Å². The van der Waals surface area contributed by atoms with Crippen LogP contribution in [-0.4, -0.2) is 18.1 Å². The SMILES string of the molecule is CC(C)c1ccc(C(=O)NC2C(C)(C)C(Oc3ccc(C#N)cc3)C2(C)C)cc1. The van der Waals surface area contributed by atoms with Crippen LogP contribution in [0, 0.1) is 22.2 Å². The summed E-state index contributed by atoms with van der Waals surface area (Å²) in [5.41, 5.74) is 2.05. The highest BCUT2D eigenvalue weighted by molar-refractivity contribution is 5.94. The van der Waals surface area contributed by atoms with E-state index in [2.05, 4.69) is 52.9 Å². The van der Waals surface area contributed by atoms with Crippen molar-refractivity contribution < 1.29 is 9.53 Å². The summed E-state index contributed by atoms with van der Waals surface area (Å²) in [5.74, 6) is 1.13. The van der Waals surface area contributed by atoms with E-state index in [1.54, 1.807) is 12.1 Å². The minimum absolute atomic E-state index is 0.0179. The largest absolute Gasteiger partial charge is 0.489 e. The molecule has 0 unspecified atom stereocenters. The first-order valence-corrected chi connectivity index (χ1v) is 10.1. The van der Waals surface area contributed by atoms with Crippen molar-refractivity contribution in [1.82, 2.24) is 5.32 Å². The van der Waals surface area contributed by atoms with E-state index in [-0.39, 0.29) is 28.9 Å². The van der Waals surface area contributed by atoms with Crippen LogP contribution in [0.2, 0.25) is 0 Å². The number of rotatable bonds is 5. The van der Waals surface area contributed by atoms with Gasteiger partial charge in [0.1, 0.15) is 11.9 Å². The molecule has 1 amide bonds. The van der Waals surface area contributed by atoms with E-state index in [4.69, 9.17) is 10.00 Å². The van der Waals surface area contributed by atoms with E-state index >= 15 is 0 Å². The molecule has 0 saturated heterocycles. The topological polar surface area (TPSA) is 62.1 Å². The first-order chi connectivity index (χ1) is 13.6. The highest BCUT2D eigenvalue weighted by atomic mass is 16.5. The molecule has 4 heteroatoms. The van der Waals surface area contributed by atoms with Crippen LogP contribution in [0.3, 0.4) is 0 Å². The Balaban J connectivity index is 1.72. The van der Waals surface area contributed by atoms with Crippen LogP contribution < -0.4 is 10.1 Å². The van der Waals surface area contributed by atoms with E-state index in [0.717, 1.165) is 5.75 Å². The molecule has 0 atom stereocenters. The molecule has 0 spiro atoms. The number of hydrogen-bond acceptors (Lipinski definition) is 3. The number of carbonyl (C=O) groups excluding carboxylic acids is 1. The zero-order valence-corrected chi connectivity index (χ0v) is 18.1. The van der Waals surface area contributed by atoms with Crippen molar-refractivity contribution in [3.8, 4) is 11.8 Å². The molecule has 1 N–H and O–H groups in total. The standard InChI is InChI=1S/C25H30N2O2/c1-16(2)18-9-11-19(12-10-18)21(28)27-22-24(3,4)23(25(22,5)6)29-20-13-7-17(15-26)8-14-20/h7-14,16,22-23H,1-6H3,(H,27,28). The van der Waals surface area contributed by atoms with Gasteiger partial charge in [0.05, 0.1) is 11.6 Å². The Morgan fingerprint density at radius 3 is 2.03 bits per heavy atom. The van der Waals surface area contributed by atoms with Crippen molar-refractivity contribution >= 4 is 5.91 Å². The summed E-state index contributed by atoms with van der Waals surface area (Å²) < 4.78 is 6.28. The van der Waals surface area contributed by atoms with Crippen LogP contribution in [0.4, 0.5) is 0 Å². The van der Waals surface area contributed by atoms with Crippen LogP contribution in [0.15, 0.2) is 48.5 Å². The number of hydrogen-bond donors (Lipinski definition) is 1. The Bertz CT molecular complexity index is 903. The third-order valence-electron chi connectivity index (χ3n) is 6.19. The van der Waals surface area contributed by atoms with Crippen molar-refractivity contribution in [2.24, 2.45) is 10.8 Å². The molecule has 0 aliphatic heterocycles. The molecule has 1 aliphatic rings. The third-order valence-corrected chi connectivity index (χ3v) is 6.19. The number of nitrogens with zero attached hydrogens (tertiary/aromatic N) is 1. The molecule has 0 bridgehead atoms. The van der Waals surface area contributed by atoms with E-state index in [0.29, 0.717) is 17.0 Å². The maximum Gasteiger partial charge on any atom is 0.251 e. The number of carbonyl (C=O) groups is 1. The Kier molecular flexibility index (Phi) is 5.45. The van der Waals surface area contributed by atoms with Crippen LogP contribution in [0.5, 0.6) is 5.75 Å². The Morgan fingerprint density at radius 2 is 1.55 bits per heavy atom. The fraction of sp³-hybridized carbons (Fsp3) is 0.440. The van der Waals surface area contributed by atoms with Gasteiger partial charge < -0.3 is 10.1 Å². The first-order valence-electron chi connectivity index (χ1n) is 10.1. The van der Waals surface area contributed by atoms with E-state index in [9.17, 15) is 4.79 Å². The third kappa shape index (κ3) is 3.87. The molecule has 4 nitrogen and oxygen atoms in total. The lowest BCUT2D eigenvalue weighted by molar-refractivity contribution is -0.164. The van der Waals surface area contributed by atoms with Gasteiger partial charge in [-0.3, -0.25) is 4.79 Å². The van der Waals surface area contributed by atoms with Crippen molar-refractivity contribution in [2.45, 2.75) is 59.6 Å². The summed E-state index contributed by atoms with van der Waals surface area (Å²) in [6.07, 6.45) is -0.0587. The first kappa shape index (κ1) is 20.9. The molecule has 0 aromatic heterocycles. The maximum absolute atomic E-state index is 12.9. The predicted molar refractivity (Wildman–Crippen MR) is 115 cm³/mol. The van der Waals surface area contributed by atoms with E-state index in [1.165, 1.54) is 5.56 Å². The molecule has 1 saturated carbocycles. The molecule has 2 aromatic rings. The van der Waals surface area contributed by atoms with Crippen molar-refractivity contribution in [3.63, 3.8) is 0 Å². The van der Waals surface area contributed by atoms with Crippen molar-refractivity contribution in [2.75, 3.05) is 0 Å². The molecular weight excluding hydrogens is 360 g/mol. The molecule has 0 radical (unpaired) electrons. The van der Waals surface area contributed by atoms with Gasteiger partial charge in [0.2, 0.25) is 0 Å². The molecule has 0 heterocycles. The van der Waals surface area contributed by atoms with Crippen molar-refractivity contribution in [1.29, 1.82) is 5.26 Å². The molecule has 1 aliphatic carbocycles. The van der Waals surface area contributed by atoms with Gasteiger partial charge in [0, 0.05) is 22.4 Å². The number of nitriles is 1. The monoisotopic (exact) mass is 390 g/mol. The number of ether oxygens (including phenoxy) is 1. The highest BCUT2D eigenvalue weighted by Gasteiger charge is 2.64. The quantitative estimate of drug-likeness (QED) is 0.754. The maximum atomic E-state index is 12.9. The molecule has 29 heavy (non-hydrogen) atoms. The molecule has 2 aromatic carbocycles. The fourth-order valence-corrected chi connectivity index (χ4v) is 4.78. The van der Waals surface area contributed by atoms with Gasteiger partial charge in [-0.2, -0.15) is 5.26 Å². The van der Waals surface area contributed by atoms with Gasteiger partial charge in [-0.25, -0.2) is 0 Å². The van der Waals surface area contributed by atoms with Crippen LogP contribution in [-0.2, 0) is 0 Å². The van der Waals surface area contributed by atoms with Crippen LogP contribution >= 0.6 is 0 Å². The second kappa shape index (κ2) is 7.55. The normalized spacial score (nSPS) is 21.7. The zero-order valence-electron chi connectivity index (χ0n) is 18.1. The number of amides is 1. The lowest BCUT2D eigenvalue weighted by atomic mass is 9.49. The summed E-state index contributed by atoms with van der Waals surface area (Å²) in [7, 11) is 0. The van der Waals surface area contributed by atoms with Crippen molar-refractivity contribution in [3.05, 3.63) is 65.2 Å². The Morgan fingerprint density at radius 1 is 1.00 bits per heavy atom. The Labute approximate surface area is 173 Å². The van der Waals surface area contributed by atoms with Gasteiger partial charge in [-0.05, 0) is 47.9 Å². The smallest absolute Gasteiger partial charge is 0.251 e. The lowest BCUT2D eigenvalue weighted by Gasteiger charge is -2.63. The second-order valence-corrected chi connectivity index (χ2v) is 9.46. The summed E-state index contributed by atoms with van der Waals surface area (Å²) >= 11 is 0. The summed E-state index contributed by atoms with van der Waals surface area (Å²) in [6.45, 7) is 12.8. The van der Waals surface area contributed by atoms with Gasteiger partial charge in [-0.1, -0.05) is 53.7 Å². The molecular formula is C25H30N2O2. The summed E-state index contributed by atoms with van der Waals surface area (Å²) in [5, 5.41) is 12.2. The summed E-state index contributed by atoms with van der Waals surface area (Å²) in [4.78, 5) is 12.9. The minimum Gasteiger partial charge on any atom is -0.489 e. The molecule has 152 valence electrons.